The van der Waals surface area contributed by atoms with Gasteiger partial charge in [-0.3, -0.25) is 4.79 Å². The molecule has 1 aromatic carbocycles. The van der Waals surface area contributed by atoms with Crippen LogP contribution in [0.4, 0.5) is 0 Å². The quantitative estimate of drug-likeness (QED) is 0.884. The minimum absolute atomic E-state index is 0.0735. The summed E-state index contributed by atoms with van der Waals surface area (Å²) in [5, 5.41) is 3.14. The first-order valence-electron chi connectivity index (χ1n) is 6.79. The van der Waals surface area contributed by atoms with E-state index in [1.807, 2.05) is 37.3 Å². The molecule has 0 aliphatic carbocycles. The lowest BCUT2D eigenvalue weighted by molar-refractivity contribution is 0.0847. The monoisotopic (exact) mass is 271 g/mol. The average Bonchev–Trinajstić information content (AvgIpc) is 2.94. The van der Waals surface area contributed by atoms with Crippen LogP contribution in [-0.4, -0.2) is 16.6 Å². The average molecular weight is 271 g/mol. The summed E-state index contributed by atoms with van der Waals surface area (Å²) in [7, 11) is 0. The molecular formula is C15H17N3O2. The predicted octanol–water partition coefficient (Wildman–Crippen LogP) is 1.50. The van der Waals surface area contributed by atoms with Gasteiger partial charge in [-0.05, 0) is 12.5 Å². The van der Waals surface area contributed by atoms with Crippen LogP contribution < -0.4 is 10.9 Å². The van der Waals surface area contributed by atoms with E-state index < -0.39 is 0 Å². The molecular weight excluding hydrogens is 254 g/mol. The van der Waals surface area contributed by atoms with E-state index in [9.17, 15) is 4.79 Å². The lowest BCUT2D eigenvalue weighted by Crippen LogP contribution is -2.21. The highest BCUT2D eigenvalue weighted by atomic mass is 16.5. The predicted molar refractivity (Wildman–Crippen MR) is 75.3 cm³/mol. The minimum atomic E-state index is -0.334. The second kappa shape index (κ2) is 5.56. The molecule has 2 heterocycles. The van der Waals surface area contributed by atoms with E-state index in [1.54, 1.807) is 0 Å². The molecule has 0 spiro atoms. The van der Waals surface area contributed by atoms with E-state index in [4.69, 9.17) is 4.74 Å². The fourth-order valence-electron chi connectivity index (χ4n) is 2.45. The normalized spacial score (nSPS) is 15.1. The Morgan fingerprint density at radius 2 is 2.10 bits per heavy atom. The van der Waals surface area contributed by atoms with Crippen molar-refractivity contribution < 1.29 is 4.74 Å². The Morgan fingerprint density at radius 1 is 1.30 bits per heavy atom. The van der Waals surface area contributed by atoms with Gasteiger partial charge < -0.3 is 15.0 Å². The molecule has 1 aliphatic rings. The van der Waals surface area contributed by atoms with E-state index in [1.165, 1.54) is 0 Å². The number of hydrogen-bond donors (Lipinski definition) is 2. The lowest BCUT2D eigenvalue weighted by atomic mass is 10.1. The molecule has 1 atom stereocenters. The van der Waals surface area contributed by atoms with Gasteiger partial charge in [-0.1, -0.05) is 30.3 Å². The fourth-order valence-corrected chi connectivity index (χ4v) is 2.45. The van der Waals surface area contributed by atoms with Crippen molar-refractivity contribution >= 4 is 0 Å². The van der Waals surface area contributed by atoms with Crippen LogP contribution >= 0.6 is 0 Å². The molecule has 5 nitrogen and oxygen atoms in total. The molecule has 0 saturated carbocycles. The van der Waals surface area contributed by atoms with Crippen molar-refractivity contribution in [2.24, 2.45) is 0 Å². The number of nitrogens with one attached hydrogen (secondary N) is 2. The third-order valence-electron chi connectivity index (χ3n) is 3.40. The van der Waals surface area contributed by atoms with Crippen LogP contribution in [0.1, 0.15) is 35.7 Å². The van der Waals surface area contributed by atoms with Crippen LogP contribution in [0.3, 0.4) is 0 Å². The van der Waals surface area contributed by atoms with E-state index in [-0.39, 0.29) is 11.7 Å². The number of nitrogens with zero attached hydrogens (tertiary/aromatic N) is 1. The highest BCUT2D eigenvalue weighted by Crippen LogP contribution is 2.23. The van der Waals surface area contributed by atoms with Crippen molar-refractivity contribution in [1.29, 1.82) is 0 Å². The first-order chi connectivity index (χ1) is 9.79. The molecule has 1 aromatic heterocycles. The molecule has 2 aromatic rings. The summed E-state index contributed by atoms with van der Waals surface area (Å²) in [5.41, 5.74) is 2.47. The molecule has 3 rings (SSSR count). The molecule has 0 fully saturated rings. The summed E-state index contributed by atoms with van der Waals surface area (Å²) in [4.78, 5) is 19.5. The second-order valence-corrected chi connectivity index (χ2v) is 4.73. The van der Waals surface area contributed by atoms with Gasteiger partial charge in [0.2, 0.25) is 0 Å². The van der Waals surface area contributed by atoms with Crippen molar-refractivity contribution in [3.05, 3.63) is 63.3 Å². The zero-order chi connectivity index (χ0) is 13.9. The molecule has 5 heteroatoms. The molecule has 20 heavy (non-hydrogen) atoms. The Hall–Kier alpha value is -1.98. The van der Waals surface area contributed by atoms with Crippen molar-refractivity contribution in [3.63, 3.8) is 0 Å². The summed E-state index contributed by atoms with van der Waals surface area (Å²) in [6.07, 6.45) is -0.334. The van der Waals surface area contributed by atoms with E-state index in [0.717, 1.165) is 16.8 Å². The fraction of sp³-hybridized carbons (Fsp3) is 0.333. The maximum atomic E-state index is 12.1. The Balaban J connectivity index is 2.04. The lowest BCUT2D eigenvalue weighted by Gasteiger charge is -2.17. The summed E-state index contributed by atoms with van der Waals surface area (Å²) >= 11 is 0. The second-order valence-electron chi connectivity index (χ2n) is 4.73. The Morgan fingerprint density at radius 3 is 2.85 bits per heavy atom. The first-order valence-corrected chi connectivity index (χ1v) is 6.79. The number of benzene rings is 1. The summed E-state index contributed by atoms with van der Waals surface area (Å²) in [5.74, 6) is 0.575. The highest BCUT2D eigenvalue weighted by Gasteiger charge is 2.22. The number of aromatic amines is 1. The van der Waals surface area contributed by atoms with Gasteiger partial charge in [0.05, 0.1) is 11.3 Å². The SMILES string of the molecule is CCOC(c1ccccc1)c1nc2c(c(=O)[nH]1)CNC2. The summed E-state index contributed by atoms with van der Waals surface area (Å²) < 4.78 is 5.78. The molecule has 0 amide bonds. The number of fused-ring (bicyclic) bond motifs is 1. The zero-order valence-electron chi connectivity index (χ0n) is 11.3. The van der Waals surface area contributed by atoms with Crippen LogP contribution in [0.5, 0.6) is 0 Å². The smallest absolute Gasteiger partial charge is 0.255 e. The van der Waals surface area contributed by atoms with Crippen LogP contribution in [0.15, 0.2) is 35.1 Å². The van der Waals surface area contributed by atoms with Crippen LogP contribution in [0.25, 0.3) is 0 Å². The Labute approximate surface area is 117 Å². The van der Waals surface area contributed by atoms with Crippen LogP contribution in [0, 0.1) is 0 Å². The van der Waals surface area contributed by atoms with Gasteiger partial charge in [-0.2, -0.15) is 0 Å². The number of rotatable bonds is 4. The van der Waals surface area contributed by atoms with Crippen molar-refractivity contribution in [3.8, 4) is 0 Å². The van der Waals surface area contributed by atoms with E-state index >= 15 is 0 Å². The van der Waals surface area contributed by atoms with Gasteiger partial charge in [0, 0.05) is 19.7 Å². The Bertz CT molecular complexity index is 652. The minimum Gasteiger partial charge on any atom is -0.366 e. The molecule has 2 N–H and O–H groups in total. The largest absolute Gasteiger partial charge is 0.366 e. The van der Waals surface area contributed by atoms with Gasteiger partial charge in [-0.15, -0.1) is 0 Å². The van der Waals surface area contributed by atoms with E-state index in [2.05, 4.69) is 15.3 Å². The van der Waals surface area contributed by atoms with Gasteiger partial charge >= 0.3 is 0 Å². The molecule has 104 valence electrons. The van der Waals surface area contributed by atoms with Gasteiger partial charge in [-0.25, -0.2) is 4.98 Å². The topological polar surface area (TPSA) is 67.0 Å². The standard InChI is InChI=1S/C15H17N3O2/c1-2-20-13(10-6-4-3-5-7-10)14-17-12-9-16-8-11(12)15(19)18-14/h3-7,13,16H,2,8-9H2,1H3,(H,17,18,19). The molecule has 1 unspecified atom stereocenters. The summed E-state index contributed by atoms with van der Waals surface area (Å²) in [6, 6.07) is 9.82. The highest BCUT2D eigenvalue weighted by molar-refractivity contribution is 5.27. The van der Waals surface area contributed by atoms with Crippen molar-refractivity contribution in [1.82, 2.24) is 15.3 Å². The number of aromatic nitrogens is 2. The molecule has 0 saturated heterocycles. The zero-order valence-corrected chi connectivity index (χ0v) is 11.3. The van der Waals surface area contributed by atoms with Crippen LogP contribution in [0.2, 0.25) is 0 Å². The van der Waals surface area contributed by atoms with Gasteiger partial charge in [0.15, 0.2) is 0 Å². The van der Waals surface area contributed by atoms with E-state index in [0.29, 0.717) is 25.5 Å². The summed E-state index contributed by atoms with van der Waals surface area (Å²) in [6.45, 7) is 3.71. The maximum absolute atomic E-state index is 12.1. The number of ether oxygens (including phenoxy) is 1. The molecule has 0 bridgehead atoms. The number of H-pyrrole nitrogens is 1. The van der Waals surface area contributed by atoms with Gasteiger partial charge in [0.25, 0.3) is 5.56 Å². The number of hydrogen-bond acceptors (Lipinski definition) is 4. The van der Waals surface area contributed by atoms with Crippen molar-refractivity contribution in [2.45, 2.75) is 26.1 Å². The third kappa shape index (κ3) is 2.37. The van der Waals surface area contributed by atoms with Gasteiger partial charge in [0.1, 0.15) is 11.9 Å². The van der Waals surface area contributed by atoms with Crippen molar-refractivity contribution in [2.75, 3.05) is 6.61 Å². The third-order valence-corrected chi connectivity index (χ3v) is 3.40. The Kier molecular flexibility index (Phi) is 3.62. The molecule has 1 aliphatic heterocycles. The maximum Gasteiger partial charge on any atom is 0.255 e. The first kappa shape index (κ1) is 13.0. The molecule has 0 radical (unpaired) electrons. The van der Waals surface area contributed by atoms with Crippen LogP contribution in [-0.2, 0) is 17.8 Å².